The van der Waals surface area contributed by atoms with E-state index < -0.39 is 35.7 Å². The number of carbonyl (C=O) groups excluding carboxylic acids is 5. The van der Waals surface area contributed by atoms with Crippen molar-refractivity contribution < 1.29 is 33.4 Å². The summed E-state index contributed by atoms with van der Waals surface area (Å²) < 4.78 is 9.90. The van der Waals surface area contributed by atoms with Crippen LogP contribution in [0.15, 0.2) is 46.9 Å². The van der Waals surface area contributed by atoms with Crippen molar-refractivity contribution in [3.63, 3.8) is 0 Å². The van der Waals surface area contributed by atoms with Gasteiger partial charge in [0.25, 0.3) is 11.8 Å². The van der Waals surface area contributed by atoms with E-state index in [-0.39, 0.29) is 23.2 Å². The molecule has 32 heavy (non-hydrogen) atoms. The summed E-state index contributed by atoms with van der Waals surface area (Å²) in [5.41, 5.74) is 5.25. The molecule has 0 aromatic heterocycles. The second-order valence-electron chi connectivity index (χ2n) is 6.65. The fourth-order valence-corrected chi connectivity index (χ4v) is 3.56. The number of nitrogens with one attached hydrogen (secondary N) is 2. The molecular formula is C21H18BrN3O7. The molecule has 10 nitrogen and oxygen atoms in total. The standard InChI is InChI=1S/C21H18BrN3O7/c1-31-20(29)11-7-12(21(30)32-2)9-13(8-11)25-17(26)10-16(19(25)28)23-24-18(27)14-5-3-4-6-15(14)22/h3-9,16,23H,10H2,1-2H3,(H,24,27)/t16-/m0/s1. The Labute approximate surface area is 190 Å². The molecule has 2 N–H and O–H groups in total. The number of benzene rings is 2. The molecule has 1 atom stereocenters. The van der Waals surface area contributed by atoms with Crippen LogP contribution in [0.4, 0.5) is 5.69 Å². The van der Waals surface area contributed by atoms with Crippen LogP contribution in [0, 0.1) is 0 Å². The lowest BCUT2D eigenvalue weighted by Crippen LogP contribution is -2.48. The fourth-order valence-electron chi connectivity index (χ4n) is 3.09. The van der Waals surface area contributed by atoms with E-state index >= 15 is 0 Å². The maximum atomic E-state index is 12.9. The molecule has 0 spiro atoms. The van der Waals surface area contributed by atoms with Crippen LogP contribution < -0.4 is 15.8 Å². The Morgan fingerprint density at radius 1 is 1.00 bits per heavy atom. The van der Waals surface area contributed by atoms with Crippen LogP contribution in [0.1, 0.15) is 37.5 Å². The Morgan fingerprint density at radius 2 is 1.59 bits per heavy atom. The van der Waals surface area contributed by atoms with Gasteiger partial charge >= 0.3 is 11.9 Å². The van der Waals surface area contributed by atoms with Crippen LogP contribution in [-0.2, 0) is 19.1 Å². The van der Waals surface area contributed by atoms with Gasteiger partial charge in [-0.25, -0.2) is 19.9 Å². The minimum absolute atomic E-state index is 0.00438. The van der Waals surface area contributed by atoms with Gasteiger partial charge in [0.2, 0.25) is 5.91 Å². The maximum Gasteiger partial charge on any atom is 0.337 e. The number of hydrogen-bond donors (Lipinski definition) is 2. The smallest absolute Gasteiger partial charge is 0.337 e. The number of nitrogens with zero attached hydrogens (tertiary/aromatic N) is 1. The first-order valence-corrected chi connectivity index (χ1v) is 10.0. The number of methoxy groups -OCH3 is 2. The van der Waals surface area contributed by atoms with Crippen molar-refractivity contribution in [2.75, 3.05) is 19.1 Å². The normalized spacial score (nSPS) is 15.5. The Hall–Kier alpha value is -3.57. The van der Waals surface area contributed by atoms with E-state index in [0.717, 1.165) is 19.1 Å². The molecule has 1 heterocycles. The number of hydrazine groups is 1. The van der Waals surface area contributed by atoms with Gasteiger partial charge in [-0.15, -0.1) is 0 Å². The van der Waals surface area contributed by atoms with Crippen LogP contribution in [0.5, 0.6) is 0 Å². The molecule has 11 heteroatoms. The van der Waals surface area contributed by atoms with Crippen molar-refractivity contribution in [2.24, 2.45) is 0 Å². The number of ether oxygens (including phenoxy) is 2. The van der Waals surface area contributed by atoms with Crippen LogP contribution in [-0.4, -0.2) is 49.9 Å². The van der Waals surface area contributed by atoms with Gasteiger partial charge in [0.1, 0.15) is 6.04 Å². The van der Waals surface area contributed by atoms with Gasteiger partial charge in [0, 0.05) is 4.47 Å². The number of carbonyl (C=O) groups is 5. The lowest BCUT2D eigenvalue weighted by molar-refractivity contribution is -0.121. The highest BCUT2D eigenvalue weighted by molar-refractivity contribution is 9.10. The largest absolute Gasteiger partial charge is 0.465 e. The van der Waals surface area contributed by atoms with Gasteiger partial charge < -0.3 is 9.47 Å². The van der Waals surface area contributed by atoms with Crippen molar-refractivity contribution in [2.45, 2.75) is 12.5 Å². The van der Waals surface area contributed by atoms with Gasteiger partial charge in [-0.05, 0) is 46.3 Å². The molecular weight excluding hydrogens is 486 g/mol. The highest BCUT2D eigenvalue weighted by atomic mass is 79.9. The van der Waals surface area contributed by atoms with E-state index in [0.29, 0.717) is 10.0 Å². The van der Waals surface area contributed by atoms with Gasteiger partial charge in [-0.2, -0.15) is 0 Å². The Balaban J connectivity index is 1.82. The van der Waals surface area contributed by atoms with Gasteiger partial charge in [-0.3, -0.25) is 19.8 Å². The Bertz CT molecular complexity index is 1080. The Kier molecular flexibility index (Phi) is 7.01. The molecule has 3 rings (SSSR count). The molecule has 1 saturated heterocycles. The zero-order chi connectivity index (χ0) is 23.4. The average molecular weight is 504 g/mol. The Morgan fingerprint density at radius 3 is 2.16 bits per heavy atom. The van der Waals surface area contributed by atoms with Crippen molar-refractivity contribution in [3.05, 3.63) is 63.6 Å². The van der Waals surface area contributed by atoms with Gasteiger partial charge in [0.05, 0.1) is 43.0 Å². The molecule has 1 aliphatic rings. The molecule has 166 valence electrons. The molecule has 0 radical (unpaired) electrons. The number of imide groups is 1. The van der Waals surface area contributed by atoms with Crippen molar-refractivity contribution in [3.8, 4) is 0 Å². The number of anilines is 1. The molecule has 1 fully saturated rings. The van der Waals surface area contributed by atoms with E-state index in [9.17, 15) is 24.0 Å². The molecule has 2 aromatic carbocycles. The fraction of sp³-hybridized carbons (Fsp3) is 0.190. The van der Waals surface area contributed by atoms with Crippen LogP contribution in [0.2, 0.25) is 0 Å². The van der Waals surface area contributed by atoms with E-state index in [1.807, 2.05) is 0 Å². The average Bonchev–Trinajstić information content (AvgIpc) is 3.09. The number of esters is 2. The van der Waals surface area contributed by atoms with Crippen LogP contribution >= 0.6 is 15.9 Å². The molecule has 0 saturated carbocycles. The maximum absolute atomic E-state index is 12.9. The zero-order valence-corrected chi connectivity index (χ0v) is 18.6. The monoisotopic (exact) mass is 503 g/mol. The van der Waals surface area contributed by atoms with Gasteiger partial charge in [-0.1, -0.05) is 12.1 Å². The van der Waals surface area contributed by atoms with Crippen molar-refractivity contribution >= 4 is 51.3 Å². The predicted molar refractivity (Wildman–Crippen MR) is 115 cm³/mol. The quantitative estimate of drug-likeness (QED) is 0.345. The summed E-state index contributed by atoms with van der Waals surface area (Å²) in [5, 5.41) is 0. The van der Waals surface area contributed by atoms with Gasteiger partial charge in [0.15, 0.2) is 0 Å². The molecule has 3 amide bonds. The van der Waals surface area contributed by atoms with E-state index in [2.05, 4.69) is 36.3 Å². The SMILES string of the molecule is COC(=O)c1cc(C(=O)OC)cc(N2C(=O)C[C@H](NNC(=O)c3ccccc3Br)C2=O)c1. The summed E-state index contributed by atoms with van der Waals surface area (Å²) >= 11 is 3.27. The van der Waals surface area contributed by atoms with Crippen molar-refractivity contribution in [1.82, 2.24) is 10.9 Å². The molecule has 0 aliphatic carbocycles. The van der Waals surface area contributed by atoms with Crippen LogP contribution in [0.25, 0.3) is 0 Å². The first kappa shape index (κ1) is 23.1. The van der Waals surface area contributed by atoms with Crippen LogP contribution in [0.3, 0.4) is 0 Å². The minimum atomic E-state index is -1.04. The van der Waals surface area contributed by atoms with E-state index in [4.69, 9.17) is 0 Å². The molecule has 0 unspecified atom stereocenters. The highest BCUT2D eigenvalue weighted by Gasteiger charge is 2.40. The number of hydrogen-bond acceptors (Lipinski definition) is 8. The second kappa shape index (κ2) is 9.71. The summed E-state index contributed by atoms with van der Waals surface area (Å²) in [6, 6.07) is 9.41. The molecule has 1 aliphatic heterocycles. The molecule has 2 aromatic rings. The highest BCUT2D eigenvalue weighted by Crippen LogP contribution is 2.26. The lowest BCUT2D eigenvalue weighted by Gasteiger charge is -2.17. The first-order chi connectivity index (χ1) is 15.3. The third kappa shape index (κ3) is 4.68. The van der Waals surface area contributed by atoms with E-state index in [1.54, 1.807) is 24.3 Å². The summed E-state index contributed by atoms with van der Waals surface area (Å²) in [6.07, 6.45) is -0.245. The number of rotatable bonds is 6. The first-order valence-electron chi connectivity index (χ1n) is 9.25. The third-order valence-corrected chi connectivity index (χ3v) is 5.33. The second-order valence-corrected chi connectivity index (χ2v) is 7.51. The summed E-state index contributed by atoms with van der Waals surface area (Å²) in [5.74, 6) is -3.27. The number of halogens is 1. The summed E-state index contributed by atoms with van der Waals surface area (Å²) in [6.45, 7) is 0. The minimum Gasteiger partial charge on any atom is -0.465 e. The predicted octanol–water partition coefficient (Wildman–Crippen LogP) is 1.59. The summed E-state index contributed by atoms with van der Waals surface area (Å²) in [4.78, 5) is 62.6. The van der Waals surface area contributed by atoms with E-state index in [1.165, 1.54) is 18.2 Å². The lowest BCUT2D eigenvalue weighted by atomic mass is 10.1. The van der Waals surface area contributed by atoms with Crippen molar-refractivity contribution in [1.29, 1.82) is 0 Å². The number of amides is 3. The summed E-state index contributed by atoms with van der Waals surface area (Å²) in [7, 11) is 2.32. The third-order valence-electron chi connectivity index (χ3n) is 4.64. The molecule has 0 bridgehead atoms. The topological polar surface area (TPSA) is 131 Å². The zero-order valence-electron chi connectivity index (χ0n) is 17.0.